The third-order valence-electron chi connectivity index (χ3n) is 4.77. The lowest BCUT2D eigenvalue weighted by Crippen LogP contribution is -2.57. The molecule has 2 amide bonds. The Morgan fingerprint density at radius 1 is 1.28 bits per heavy atom. The van der Waals surface area contributed by atoms with Gasteiger partial charge in [0.1, 0.15) is 6.54 Å². The fraction of sp³-hybridized carbons (Fsp3) is 0.625. The second kappa shape index (κ2) is 7.22. The van der Waals surface area contributed by atoms with Gasteiger partial charge in [0.05, 0.1) is 24.5 Å². The number of hydrogen-bond donors (Lipinski definition) is 1. The summed E-state index contributed by atoms with van der Waals surface area (Å²) in [5.74, 6) is -1.25. The van der Waals surface area contributed by atoms with Crippen LogP contribution in [0.25, 0.3) is 0 Å². The van der Waals surface area contributed by atoms with E-state index in [0.717, 1.165) is 18.5 Å². The van der Waals surface area contributed by atoms with Crippen LogP contribution in [-0.4, -0.2) is 81.2 Å². The van der Waals surface area contributed by atoms with Crippen molar-refractivity contribution in [2.75, 3.05) is 37.6 Å². The molecule has 0 bridgehead atoms. The van der Waals surface area contributed by atoms with Gasteiger partial charge in [0.25, 0.3) is 0 Å². The third-order valence-corrected chi connectivity index (χ3v) is 4.77. The summed E-state index contributed by atoms with van der Waals surface area (Å²) in [5.41, 5.74) is 0.756. The molecule has 1 aromatic heterocycles. The van der Waals surface area contributed by atoms with Crippen LogP contribution < -0.4 is 4.90 Å². The zero-order valence-corrected chi connectivity index (χ0v) is 14.3. The standard InChI is InChI=1S/C16H23N5O4/c1-18-9-12(8-17-18)21-7-6-19(10-14(21)22)13-4-2-3-5-20(16(13)25)11-15(23)24/h8-9,13H,2-7,10-11H2,1H3,(H,23,24). The maximum atomic E-state index is 12.7. The van der Waals surface area contributed by atoms with Crippen molar-refractivity contribution in [2.45, 2.75) is 25.3 Å². The van der Waals surface area contributed by atoms with Gasteiger partial charge < -0.3 is 14.9 Å². The molecule has 1 aromatic rings. The Labute approximate surface area is 145 Å². The topological polar surface area (TPSA) is 99.0 Å². The lowest BCUT2D eigenvalue weighted by molar-refractivity contribution is -0.147. The molecule has 0 spiro atoms. The van der Waals surface area contributed by atoms with Crippen LogP contribution in [0.3, 0.4) is 0 Å². The lowest BCUT2D eigenvalue weighted by atomic mass is 10.1. The number of anilines is 1. The van der Waals surface area contributed by atoms with Crippen LogP contribution in [-0.2, 0) is 21.4 Å². The Morgan fingerprint density at radius 3 is 2.72 bits per heavy atom. The van der Waals surface area contributed by atoms with Crippen LogP contribution in [0.15, 0.2) is 12.4 Å². The Balaban J connectivity index is 1.68. The van der Waals surface area contributed by atoms with Crippen molar-refractivity contribution in [2.24, 2.45) is 7.05 Å². The number of likely N-dealkylation sites (tertiary alicyclic amines) is 1. The summed E-state index contributed by atoms with van der Waals surface area (Å²) >= 11 is 0. The van der Waals surface area contributed by atoms with Crippen molar-refractivity contribution in [3.8, 4) is 0 Å². The Morgan fingerprint density at radius 2 is 2.08 bits per heavy atom. The summed E-state index contributed by atoms with van der Waals surface area (Å²) in [5, 5.41) is 13.1. The van der Waals surface area contributed by atoms with E-state index in [1.54, 1.807) is 29.0 Å². The molecule has 2 saturated heterocycles. The van der Waals surface area contributed by atoms with E-state index in [-0.39, 0.29) is 24.9 Å². The van der Waals surface area contributed by atoms with Crippen molar-refractivity contribution in [3.63, 3.8) is 0 Å². The normalized spacial score (nSPS) is 23.0. The summed E-state index contributed by atoms with van der Waals surface area (Å²) in [6.45, 7) is 1.42. The van der Waals surface area contributed by atoms with Crippen molar-refractivity contribution < 1.29 is 19.5 Å². The zero-order valence-electron chi connectivity index (χ0n) is 14.3. The van der Waals surface area contributed by atoms with Crippen molar-refractivity contribution in [1.82, 2.24) is 19.6 Å². The Kier molecular flexibility index (Phi) is 5.03. The molecule has 0 aliphatic carbocycles. The van der Waals surface area contributed by atoms with Gasteiger partial charge in [-0.1, -0.05) is 0 Å². The molecule has 0 aromatic carbocycles. The van der Waals surface area contributed by atoms with E-state index in [9.17, 15) is 14.4 Å². The molecule has 3 heterocycles. The highest BCUT2D eigenvalue weighted by Gasteiger charge is 2.36. The number of hydrogen-bond acceptors (Lipinski definition) is 5. The summed E-state index contributed by atoms with van der Waals surface area (Å²) in [7, 11) is 1.80. The van der Waals surface area contributed by atoms with Crippen molar-refractivity contribution in [1.29, 1.82) is 0 Å². The number of amides is 2. The number of carbonyl (C=O) groups excluding carboxylic acids is 2. The number of rotatable bonds is 4. The quantitative estimate of drug-likeness (QED) is 0.789. The molecule has 136 valence electrons. The molecule has 9 nitrogen and oxygen atoms in total. The minimum absolute atomic E-state index is 0.0684. The fourth-order valence-electron chi connectivity index (χ4n) is 3.52. The number of carboxylic acid groups (broad SMARTS) is 1. The number of aromatic nitrogens is 2. The van der Waals surface area contributed by atoms with E-state index in [4.69, 9.17) is 5.11 Å². The van der Waals surface area contributed by atoms with E-state index in [1.807, 2.05) is 4.90 Å². The molecule has 2 aliphatic heterocycles. The molecule has 1 atom stereocenters. The smallest absolute Gasteiger partial charge is 0.323 e. The van der Waals surface area contributed by atoms with E-state index in [1.165, 1.54) is 4.90 Å². The van der Waals surface area contributed by atoms with E-state index in [2.05, 4.69) is 5.10 Å². The number of carbonyl (C=O) groups is 3. The molecule has 25 heavy (non-hydrogen) atoms. The second-order valence-electron chi connectivity index (χ2n) is 6.55. The SMILES string of the molecule is Cn1cc(N2CCN(C3CCCCN(CC(=O)O)C3=O)CC2=O)cn1. The van der Waals surface area contributed by atoms with Gasteiger partial charge in [-0.05, 0) is 19.3 Å². The zero-order chi connectivity index (χ0) is 18.0. The van der Waals surface area contributed by atoms with Gasteiger partial charge in [-0.2, -0.15) is 5.10 Å². The van der Waals surface area contributed by atoms with Crippen LogP contribution in [0.5, 0.6) is 0 Å². The summed E-state index contributed by atoms with van der Waals surface area (Å²) in [4.78, 5) is 41.2. The van der Waals surface area contributed by atoms with Crippen LogP contribution >= 0.6 is 0 Å². The van der Waals surface area contributed by atoms with E-state index in [0.29, 0.717) is 26.1 Å². The number of piperazine rings is 1. The van der Waals surface area contributed by atoms with Gasteiger partial charge in [-0.25, -0.2) is 0 Å². The van der Waals surface area contributed by atoms with Gasteiger partial charge in [-0.3, -0.25) is 24.0 Å². The van der Waals surface area contributed by atoms with E-state index >= 15 is 0 Å². The predicted octanol–water partition coefficient (Wildman–Crippen LogP) is -0.466. The molecule has 1 unspecified atom stereocenters. The Hall–Kier alpha value is -2.42. The first-order valence-corrected chi connectivity index (χ1v) is 8.49. The van der Waals surface area contributed by atoms with E-state index < -0.39 is 12.0 Å². The molecular weight excluding hydrogens is 326 g/mol. The number of aliphatic carboxylic acids is 1. The summed E-state index contributed by atoms with van der Waals surface area (Å²) < 4.78 is 1.65. The van der Waals surface area contributed by atoms with Gasteiger partial charge in [-0.15, -0.1) is 0 Å². The summed E-state index contributed by atoms with van der Waals surface area (Å²) in [6, 6.07) is -0.415. The predicted molar refractivity (Wildman–Crippen MR) is 89.0 cm³/mol. The van der Waals surface area contributed by atoms with Crippen molar-refractivity contribution >= 4 is 23.5 Å². The number of nitrogens with zero attached hydrogens (tertiary/aromatic N) is 5. The lowest BCUT2D eigenvalue weighted by Gasteiger charge is -2.38. The van der Waals surface area contributed by atoms with Gasteiger partial charge >= 0.3 is 5.97 Å². The molecular formula is C16H23N5O4. The molecule has 1 N–H and O–H groups in total. The monoisotopic (exact) mass is 349 g/mol. The molecule has 0 saturated carbocycles. The molecule has 2 aliphatic rings. The maximum Gasteiger partial charge on any atom is 0.323 e. The highest BCUT2D eigenvalue weighted by atomic mass is 16.4. The molecule has 3 rings (SSSR count). The van der Waals surface area contributed by atoms with Gasteiger partial charge in [0, 0.05) is 32.9 Å². The fourth-order valence-corrected chi connectivity index (χ4v) is 3.52. The van der Waals surface area contributed by atoms with Crippen LogP contribution in [0.2, 0.25) is 0 Å². The number of carboxylic acids is 1. The van der Waals surface area contributed by atoms with Gasteiger partial charge in [0.2, 0.25) is 11.8 Å². The third kappa shape index (κ3) is 3.81. The van der Waals surface area contributed by atoms with Crippen molar-refractivity contribution in [3.05, 3.63) is 12.4 Å². The second-order valence-corrected chi connectivity index (χ2v) is 6.55. The molecule has 9 heteroatoms. The maximum absolute atomic E-state index is 12.7. The summed E-state index contributed by atoms with van der Waals surface area (Å²) in [6.07, 6.45) is 5.75. The number of aryl methyl sites for hydroxylation is 1. The highest BCUT2D eigenvalue weighted by molar-refractivity contribution is 5.96. The van der Waals surface area contributed by atoms with Crippen LogP contribution in [0.1, 0.15) is 19.3 Å². The van der Waals surface area contributed by atoms with Gasteiger partial charge in [0.15, 0.2) is 0 Å². The first-order valence-electron chi connectivity index (χ1n) is 8.49. The largest absolute Gasteiger partial charge is 0.480 e. The van der Waals surface area contributed by atoms with Crippen LogP contribution in [0, 0.1) is 0 Å². The highest BCUT2D eigenvalue weighted by Crippen LogP contribution is 2.22. The average Bonchev–Trinajstić information content (AvgIpc) is 2.90. The minimum atomic E-state index is -1.01. The average molecular weight is 349 g/mol. The first kappa shape index (κ1) is 17.4. The first-order chi connectivity index (χ1) is 12.0. The minimum Gasteiger partial charge on any atom is -0.480 e. The molecule has 2 fully saturated rings. The van der Waals surface area contributed by atoms with Crippen LogP contribution in [0.4, 0.5) is 5.69 Å². The molecule has 0 radical (unpaired) electrons. The Bertz CT molecular complexity index is 673.